The molecule has 3 rings (SSSR count). The van der Waals surface area contributed by atoms with E-state index in [1.807, 2.05) is 25.2 Å². The number of carbonyl (C=O) groups excluding carboxylic acids is 1. The van der Waals surface area contributed by atoms with E-state index in [9.17, 15) is 4.79 Å². The van der Waals surface area contributed by atoms with Crippen LogP contribution in [0.3, 0.4) is 0 Å². The average Bonchev–Trinajstić information content (AvgIpc) is 2.76. The summed E-state index contributed by atoms with van der Waals surface area (Å²) in [6.07, 6.45) is 1.80. The van der Waals surface area contributed by atoms with Crippen LogP contribution in [0.2, 0.25) is 0 Å². The molecular formula is C22H25NO. The molecule has 1 aliphatic heterocycles. The molecule has 0 aliphatic carbocycles. The number of nitrogens with zero attached hydrogens (tertiary/aromatic N) is 1. The maximum Gasteiger partial charge on any atom is 0.187 e. The Balaban J connectivity index is 1.95. The lowest BCUT2D eigenvalue weighted by Crippen LogP contribution is -2.24. The van der Waals surface area contributed by atoms with Crippen molar-refractivity contribution in [2.45, 2.75) is 39.0 Å². The number of fused-ring (bicyclic) bond motifs is 1. The predicted octanol–water partition coefficient (Wildman–Crippen LogP) is 5.30. The smallest absolute Gasteiger partial charge is 0.187 e. The van der Waals surface area contributed by atoms with Gasteiger partial charge in [0.1, 0.15) is 0 Å². The first-order chi connectivity index (χ1) is 11.3. The summed E-state index contributed by atoms with van der Waals surface area (Å²) in [7, 11) is 2.04. The van der Waals surface area contributed by atoms with Gasteiger partial charge in [0.2, 0.25) is 0 Å². The van der Waals surface area contributed by atoms with E-state index < -0.39 is 0 Å². The van der Waals surface area contributed by atoms with Crippen LogP contribution in [0.15, 0.2) is 60.3 Å². The van der Waals surface area contributed by atoms with E-state index >= 15 is 0 Å². The van der Waals surface area contributed by atoms with Crippen molar-refractivity contribution in [2.24, 2.45) is 0 Å². The van der Waals surface area contributed by atoms with Crippen LogP contribution in [0.4, 0.5) is 5.69 Å². The van der Waals surface area contributed by atoms with Gasteiger partial charge in [-0.05, 0) is 23.1 Å². The molecule has 0 atom stereocenters. The number of allylic oxidation sites excluding steroid dienone is 2. The lowest BCUT2D eigenvalue weighted by atomic mass is 9.83. The molecule has 0 saturated heterocycles. The predicted molar refractivity (Wildman–Crippen MR) is 101 cm³/mol. The highest BCUT2D eigenvalue weighted by Crippen LogP contribution is 2.46. The fourth-order valence-corrected chi connectivity index (χ4v) is 3.50. The summed E-state index contributed by atoms with van der Waals surface area (Å²) >= 11 is 0. The summed E-state index contributed by atoms with van der Waals surface area (Å²) < 4.78 is 0. The summed E-state index contributed by atoms with van der Waals surface area (Å²) in [5, 5.41) is 0. The lowest BCUT2D eigenvalue weighted by Gasteiger charge is -2.24. The van der Waals surface area contributed by atoms with Gasteiger partial charge in [0.25, 0.3) is 0 Å². The van der Waals surface area contributed by atoms with Crippen molar-refractivity contribution in [1.29, 1.82) is 0 Å². The number of anilines is 1. The van der Waals surface area contributed by atoms with Crippen LogP contribution in [0.1, 0.15) is 55.1 Å². The SMILES string of the molecule is CC(C)c1ccc(C(=O)C=C2N(C)c3ccccc3C2(C)C)cc1. The number of benzene rings is 2. The van der Waals surface area contributed by atoms with Crippen molar-refractivity contribution >= 4 is 11.5 Å². The number of rotatable bonds is 3. The Kier molecular flexibility index (Phi) is 4.08. The minimum absolute atomic E-state index is 0.0630. The number of likely N-dealkylation sites (N-methyl/N-ethyl adjacent to an activating group) is 1. The van der Waals surface area contributed by atoms with E-state index in [1.54, 1.807) is 6.08 Å². The molecule has 0 radical (unpaired) electrons. The largest absolute Gasteiger partial charge is 0.347 e. The molecule has 1 heterocycles. The van der Waals surface area contributed by atoms with E-state index in [0.29, 0.717) is 5.92 Å². The number of para-hydroxylation sites is 1. The van der Waals surface area contributed by atoms with Crippen LogP contribution in [0, 0.1) is 0 Å². The summed E-state index contributed by atoms with van der Waals surface area (Å²) in [6, 6.07) is 16.3. The molecule has 2 nitrogen and oxygen atoms in total. The van der Waals surface area contributed by atoms with Crippen molar-refractivity contribution in [1.82, 2.24) is 0 Å². The second-order valence-corrected chi connectivity index (χ2v) is 7.37. The minimum atomic E-state index is -0.168. The first-order valence-electron chi connectivity index (χ1n) is 8.52. The molecule has 0 spiro atoms. The van der Waals surface area contributed by atoms with Crippen LogP contribution in [0.25, 0.3) is 0 Å². The van der Waals surface area contributed by atoms with Gasteiger partial charge in [-0.1, -0.05) is 70.2 Å². The third-order valence-corrected chi connectivity index (χ3v) is 5.07. The number of ketones is 1. The molecule has 0 unspecified atom stereocenters. The zero-order valence-corrected chi connectivity index (χ0v) is 15.1. The van der Waals surface area contributed by atoms with Crippen molar-refractivity contribution in [3.8, 4) is 0 Å². The molecule has 0 fully saturated rings. The quantitative estimate of drug-likeness (QED) is 0.565. The first kappa shape index (κ1) is 16.5. The van der Waals surface area contributed by atoms with Gasteiger partial charge in [-0.25, -0.2) is 0 Å². The molecular weight excluding hydrogens is 294 g/mol. The fraction of sp³-hybridized carbons (Fsp3) is 0.318. The molecule has 1 aliphatic rings. The van der Waals surface area contributed by atoms with Crippen LogP contribution in [0.5, 0.6) is 0 Å². The van der Waals surface area contributed by atoms with Gasteiger partial charge in [0, 0.05) is 35.5 Å². The van der Waals surface area contributed by atoms with Crippen LogP contribution in [-0.2, 0) is 5.41 Å². The van der Waals surface area contributed by atoms with E-state index in [-0.39, 0.29) is 11.2 Å². The Morgan fingerprint density at radius 3 is 2.25 bits per heavy atom. The summed E-state index contributed by atoms with van der Waals surface area (Å²) in [6.45, 7) is 8.67. The van der Waals surface area contributed by atoms with Gasteiger partial charge in [-0.3, -0.25) is 4.79 Å². The Morgan fingerprint density at radius 2 is 1.67 bits per heavy atom. The maximum absolute atomic E-state index is 12.8. The van der Waals surface area contributed by atoms with Crippen LogP contribution >= 0.6 is 0 Å². The van der Waals surface area contributed by atoms with Gasteiger partial charge >= 0.3 is 0 Å². The standard InChI is InChI=1S/C22H25NO/c1-15(2)16-10-12-17(13-11-16)20(24)14-21-22(3,4)18-8-6-7-9-19(18)23(21)5/h6-15H,1-5H3. The summed E-state index contributed by atoms with van der Waals surface area (Å²) in [4.78, 5) is 14.9. The number of hydrogen-bond donors (Lipinski definition) is 0. The monoisotopic (exact) mass is 319 g/mol. The zero-order chi connectivity index (χ0) is 17.5. The summed E-state index contributed by atoms with van der Waals surface area (Å²) in [5.41, 5.74) is 5.32. The molecule has 0 aromatic heterocycles. The average molecular weight is 319 g/mol. The van der Waals surface area contributed by atoms with E-state index in [0.717, 1.165) is 11.3 Å². The number of carbonyl (C=O) groups is 1. The van der Waals surface area contributed by atoms with E-state index in [1.165, 1.54) is 16.8 Å². The Labute approximate surface area is 144 Å². The van der Waals surface area contributed by atoms with Gasteiger partial charge in [-0.2, -0.15) is 0 Å². The van der Waals surface area contributed by atoms with E-state index in [2.05, 4.69) is 62.9 Å². The maximum atomic E-state index is 12.8. The molecule has 2 aromatic carbocycles. The molecule has 24 heavy (non-hydrogen) atoms. The van der Waals surface area contributed by atoms with Gasteiger partial charge < -0.3 is 4.90 Å². The molecule has 124 valence electrons. The van der Waals surface area contributed by atoms with Crippen molar-refractivity contribution < 1.29 is 4.79 Å². The highest BCUT2D eigenvalue weighted by Gasteiger charge is 2.38. The molecule has 2 heteroatoms. The van der Waals surface area contributed by atoms with Crippen molar-refractivity contribution in [2.75, 3.05) is 11.9 Å². The highest BCUT2D eigenvalue weighted by atomic mass is 16.1. The Morgan fingerprint density at radius 1 is 1.04 bits per heavy atom. The van der Waals surface area contributed by atoms with Gasteiger partial charge in [-0.15, -0.1) is 0 Å². The van der Waals surface area contributed by atoms with Crippen molar-refractivity contribution in [3.63, 3.8) is 0 Å². The van der Waals surface area contributed by atoms with Crippen molar-refractivity contribution in [3.05, 3.63) is 77.0 Å². The van der Waals surface area contributed by atoms with Gasteiger partial charge in [0.15, 0.2) is 5.78 Å². The van der Waals surface area contributed by atoms with Gasteiger partial charge in [0.05, 0.1) is 0 Å². The third-order valence-electron chi connectivity index (χ3n) is 5.07. The molecule has 0 saturated carbocycles. The first-order valence-corrected chi connectivity index (χ1v) is 8.52. The van der Waals surface area contributed by atoms with Crippen LogP contribution in [-0.4, -0.2) is 12.8 Å². The zero-order valence-electron chi connectivity index (χ0n) is 15.1. The Hall–Kier alpha value is -2.35. The van der Waals surface area contributed by atoms with Crippen LogP contribution < -0.4 is 4.90 Å². The molecule has 0 N–H and O–H groups in total. The Bertz CT molecular complexity index is 797. The second-order valence-electron chi connectivity index (χ2n) is 7.37. The third kappa shape index (κ3) is 2.66. The second kappa shape index (κ2) is 5.94. The molecule has 2 aromatic rings. The number of hydrogen-bond acceptors (Lipinski definition) is 2. The normalized spacial score (nSPS) is 17.4. The molecule has 0 amide bonds. The van der Waals surface area contributed by atoms with E-state index in [4.69, 9.17) is 0 Å². The lowest BCUT2D eigenvalue weighted by molar-refractivity contribution is 0.104. The minimum Gasteiger partial charge on any atom is -0.347 e. The fourth-order valence-electron chi connectivity index (χ4n) is 3.50. The molecule has 0 bridgehead atoms. The highest BCUT2D eigenvalue weighted by molar-refractivity contribution is 6.05. The summed E-state index contributed by atoms with van der Waals surface area (Å²) in [5.74, 6) is 0.537. The topological polar surface area (TPSA) is 20.3 Å².